The van der Waals surface area contributed by atoms with E-state index in [1.54, 1.807) is 18.7 Å². The second-order valence-electron chi connectivity index (χ2n) is 7.87. The maximum atomic E-state index is 13.5. The fourth-order valence-corrected chi connectivity index (χ4v) is 5.13. The summed E-state index contributed by atoms with van der Waals surface area (Å²) < 4.78 is 5.26. The lowest BCUT2D eigenvalue weighted by molar-refractivity contribution is -0.149. The molecule has 1 aliphatic rings. The number of aliphatic carboxylic acids is 1. The number of carbonyl (C=O) groups excluding carboxylic acids is 2. The molecular formula is C25H30N2O5S. The number of aryl methyl sites for hydroxylation is 1. The first kappa shape index (κ1) is 24.8. The third-order valence-electron chi connectivity index (χ3n) is 5.55. The molecule has 0 aromatic heterocycles. The number of carboxylic acids is 1. The number of amides is 1. The van der Waals surface area contributed by atoms with E-state index in [4.69, 9.17) is 4.74 Å². The van der Waals surface area contributed by atoms with Crippen LogP contribution in [0.5, 0.6) is 0 Å². The van der Waals surface area contributed by atoms with E-state index in [1.165, 1.54) is 4.90 Å². The number of carbonyl (C=O) groups is 3. The molecule has 8 heteroatoms. The molecule has 0 bridgehead atoms. The topological polar surface area (TPSA) is 95.9 Å². The van der Waals surface area contributed by atoms with Crippen LogP contribution in [-0.4, -0.2) is 64.6 Å². The molecule has 1 heterocycles. The number of esters is 1. The van der Waals surface area contributed by atoms with Crippen LogP contribution in [0.2, 0.25) is 0 Å². The van der Waals surface area contributed by atoms with Gasteiger partial charge in [0.25, 0.3) is 0 Å². The Hall–Kier alpha value is -2.84. The van der Waals surface area contributed by atoms with Crippen molar-refractivity contribution in [1.29, 1.82) is 0 Å². The SMILES string of the molecule is CCOC(=O)C(CCc1ccccc1)N[C@H]1CSC[C@@H](c2ccccc2)N(CC(=O)O)C1=O. The van der Waals surface area contributed by atoms with Crippen molar-refractivity contribution < 1.29 is 24.2 Å². The molecule has 3 atom stereocenters. The molecule has 1 unspecified atom stereocenters. The molecule has 0 radical (unpaired) electrons. The molecule has 0 saturated carbocycles. The maximum Gasteiger partial charge on any atom is 0.323 e. The van der Waals surface area contributed by atoms with Gasteiger partial charge in [-0.2, -0.15) is 11.8 Å². The second kappa shape index (κ2) is 12.4. The van der Waals surface area contributed by atoms with Crippen molar-refractivity contribution in [3.63, 3.8) is 0 Å². The van der Waals surface area contributed by atoms with Gasteiger partial charge in [0.15, 0.2) is 0 Å². The number of hydrogen-bond donors (Lipinski definition) is 2. The van der Waals surface area contributed by atoms with Crippen LogP contribution in [0.25, 0.3) is 0 Å². The van der Waals surface area contributed by atoms with E-state index in [1.807, 2.05) is 60.7 Å². The molecule has 2 N–H and O–H groups in total. The van der Waals surface area contributed by atoms with Crippen LogP contribution in [0, 0.1) is 0 Å². The minimum absolute atomic E-state index is 0.247. The van der Waals surface area contributed by atoms with E-state index in [0.717, 1.165) is 11.1 Å². The fraction of sp³-hybridized carbons (Fsp3) is 0.400. The highest BCUT2D eigenvalue weighted by Crippen LogP contribution is 2.29. The van der Waals surface area contributed by atoms with E-state index in [-0.39, 0.29) is 18.6 Å². The van der Waals surface area contributed by atoms with E-state index in [0.29, 0.717) is 24.3 Å². The second-order valence-corrected chi connectivity index (χ2v) is 8.95. The van der Waals surface area contributed by atoms with Crippen molar-refractivity contribution in [1.82, 2.24) is 10.2 Å². The van der Waals surface area contributed by atoms with E-state index < -0.39 is 30.6 Å². The summed E-state index contributed by atoms with van der Waals surface area (Å²) in [5.74, 6) is -0.763. The normalized spacial score (nSPS) is 19.5. The maximum absolute atomic E-state index is 13.5. The Bertz CT molecular complexity index is 925. The molecular weight excluding hydrogens is 440 g/mol. The summed E-state index contributed by atoms with van der Waals surface area (Å²) in [4.78, 5) is 39.2. The Morgan fingerprint density at radius 3 is 2.42 bits per heavy atom. The predicted molar refractivity (Wildman–Crippen MR) is 128 cm³/mol. The summed E-state index contributed by atoms with van der Waals surface area (Å²) in [6.45, 7) is 1.60. The highest BCUT2D eigenvalue weighted by Gasteiger charge is 2.37. The molecule has 7 nitrogen and oxygen atoms in total. The molecule has 1 aliphatic heterocycles. The monoisotopic (exact) mass is 470 g/mol. The van der Waals surface area contributed by atoms with Gasteiger partial charge in [-0.3, -0.25) is 19.7 Å². The molecule has 1 saturated heterocycles. The van der Waals surface area contributed by atoms with Gasteiger partial charge in [-0.1, -0.05) is 60.7 Å². The van der Waals surface area contributed by atoms with Gasteiger partial charge in [0.2, 0.25) is 5.91 Å². The minimum Gasteiger partial charge on any atom is -0.480 e. The Morgan fingerprint density at radius 1 is 1.12 bits per heavy atom. The smallest absolute Gasteiger partial charge is 0.323 e. The van der Waals surface area contributed by atoms with Crippen molar-refractivity contribution in [3.8, 4) is 0 Å². The summed E-state index contributed by atoms with van der Waals surface area (Å²) in [5, 5.41) is 12.7. The average molecular weight is 471 g/mol. The first-order chi connectivity index (χ1) is 16.0. The predicted octanol–water partition coefficient (Wildman–Crippen LogP) is 2.91. The van der Waals surface area contributed by atoms with Crippen molar-refractivity contribution in [2.75, 3.05) is 24.7 Å². The number of ether oxygens (including phenoxy) is 1. The molecule has 1 amide bonds. The van der Waals surface area contributed by atoms with E-state index in [2.05, 4.69) is 5.32 Å². The highest BCUT2D eigenvalue weighted by molar-refractivity contribution is 7.99. The first-order valence-electron chi connectivity index (χ1n) is 11.1. The van der Waals surface area contributed by atoms with Gasteiger partial charge in [-0.15, -0.1) is 0 Å². The third-order valence-corrected chi connectivity index (χ3v) is 6.67. The van der Waals surface area contributed by atoms with Crippen molar-refractivity contribution in [2.24, 2.45) is 0 Å². The summed E-state index contributed by atoms with van der Waals surface area (Å²) in [5.41, 5.74) is 1.98. The van der Waals surface area contributed by atoms with Crippen LogP contribution in [0.1, 0.15) is 30.5 Å². The van der Waals surface area contributed by atoms with Gasteiger partial charge in [-0.25, -0.2) is 0 Å². The quantitative estimate of drug-likeness (QED) is 0.516. The number of thioether (sulfide) groups is 1. The van der Waals surface area contributed by atoms with Gasteiger partial charge in [0.1, 0.15) is 12.6 Å². The Kier molecular flexibility index (Phi) is 9.33. The molecule has 1 fully saturated rings. The fourth-order valence-electron chi connectivity index (χ4n) is 3.93. The summed E-state index contributed by atoms with van der Waals surface area (Å²) in [7, 11) is 0. The van der Waals surface area contributed by atoms with Crippen LogP contribution in [0.4, 0.5) is 0 Å². The van der Waals surface area contributed by atoms with Gasteiger partial charge in [-0.05, 0) is 30.9 Å². The largest absolute Gasteiger partial charge is 0.480 e. The lowest BCUT2D eigenvalue weighted by atomic mass is 10.0. The van der Waals surface area contributed by atoms with Gasteiger partial charge >= 0.3 is 11.9 Å². The first-order valence-corrected chi connectivity index (χ1v) is 12.3. The third kappa shape index (κ3) is 7.07. The van der Waals surface area contributed by atoms with Crippen molar-refractivity contribution in [3.05, 3.63) is 71.8 Å². The molecule has 3 rings (SSSR count). The zero-order valence-corrected chi connectivity index (χ0v) is 19.5. The molecule has 176 valence electrons. The van der Waals surface area contributed by atoms with Crippen LogP contribution in [0.15, 0.2) is 60.7 Å². The van der Waals surface area contributed by atoms with Crippen LogP contribution < -0.4 is 5.32 Å². The van der Waals surface area contributed by atoms with Crippen molar-refractivity contribution >= 4 is 29.6 Å². The lowest BCUT2D eigenvalue weighted by Gasteiger charge is -2.31. The van der Waals surface area contributed by atoms with E-state index in [9.17, 15) is 19.5 Å². The average Bonchev–Trinajstić information content (AvgIpc) is 2.96. The zero-order valence-electron chi connectivity index (χ0n) is 18.7. The number of nitrogens with one attached hydrogen (secondary N) is 1. The summed E-state index contributed by atoms with van der Waals surface area (Å²) >= 11 is 1.57. The molecule has 2 aromatic carbocycles. The number of benzene rings is 2. The zero-order chi connectivity index (χ0) is 23.6. The van der Waals surface area contributed by atoms with Crippen molar-refractivity contribution in [2.45, 2.75) is 37.9 Å². The number of rotatable bonds is 10. The van der Waals surface area contributed by atoms with E-state index >= 15 is 0 Å². The van der Waals surface area contributed by atoms with Gasteiger partial charge < -0.3 is 14.7 Å². The van der Waals surface area contributed by atoms with Gasteiger partial charge in [0.05, 0.1) is 18.7 Å². The van der Waals surface area contributed by atoms with Crippen LogP contribution >= 0.6 is 11.8 Å². The molecule has 0 spiro atoms. The standard InChI is InChI=1S/C25H30N2O5S/c1-2-32-25(31)20(14-13-18-9-5-3-6-10-18)26-21-16-33-17-22(19-11-7-4-8-12-19)27(24(21)30)15-23(28)29/h3-12,20-22,26H,2,13-17H2,1H3,(H,28,29)/t20?,21-,22-/m0/s1. The minimum atomic E-state index is -1.07. The number of hydrogen-bond acceptors (Lipinski definition) is 6. The Labute approximate surface area is 198 Å². The molecule has 33 heavy (non-hydrogen) atoms. The van der Waals surface area contributed by atoms with Gasteiger partial charge in [0, 0.05) is 11.5 Å². The van der Waals surface area contributed by atoms with Crippen LogP contribution in [-0.2, 0) is 25.5 Å². The molecule has 0 aliphatic carbocycles. The Morgan fingerprint density at radius 2 is 1.79 bits per heavy atom. The molecule has 2 aromatic rings. The Balaban J connectivity index is 1.79. The van der Waals surface area contributed by atoms with Crippen LogP contribution in [0.3, 0.4) is 0 Å². The lowest BCUT2D eigenvalue weighted by Crippen LogP contribution is -2.54. The summed E-state index contributed by atoms with van der Waals surface area (Å²) in [6.07, 6.45) is 1.12. The summed E-state index contributed by atoms with van der Waals surface area (Å²) in [6, 6.07) is 17.6. The highest BCUT2D eigenvalue weighted by atomic mass is 32.2. The number of nitrogens with zero attached hydrogens (tertiary/aromatic N) is 1. The number of carboxylic acid groups (broad SMARTS) is 1.